The van der Waals surface area contributed by atoms with Gasteiger partial charge in [-0.1, -0.05) is 58.3 Å². The number of hydrogen-bond acceptors (Lipinski definition) is 9. The molecule has 9 heteroatoms. The van der Waals surface area contributed by atoms with Crippen LogP contribution in [0, 0.1) is 5.41 Å². The van der Waals surface area contributed by atoms with Crippen molar-refractivity contribution in [2.24, 2.45) is 5.41 Å². The van der Waals surface area contributed by atoms with Gasteiger partial charge in [0.15, 0.2) is 0 Å². The Labute approximate surface area is 261 Å². The zero-order valence-electron chi connectivity index (χ0n) is 26.6. The average molecular weight is 615 g/mol. The van der Waals surface area contributed by atoms with Crippen LogP contribution < -0.4 is 9.47 Å². The Balaban J connectivity index is 1.50. The molecule has 0 heterocycles. The summed E-state index contributed by atoms with van der Waals surface area (Å²) in [4.78, 5) is 36.5. The second-order valence-corrected chi connectivity index (χ2v) is 11.5. The summed E-state index contributed by atoms with van der Waals surface area (Å²) in [7, 11) is 0. The fraction of sp³-hybridized carbons (Fsp3) is 0.571. The first-order valence-electron chi connectivity index (χ1n) is 15.9. The second kappa shape index (κ2) is 20.5. The van der Waals surface area contributed by atoms with Crippen LogP contribution >= 0.6 is 0 Å². The molecule has 1 unspecified atom stereocenters. The predicted molar refractivity (Wildman–Crippen MR) is 168 cm³/mol. The van der Waals surface area contributed by atoms with E-state index in [9.17, 15) is 24.6 Å². The third-order valence-corrected chi connectivity index (χ3v) is 7.51. The van der Waals surface area contributed by atoms with Gasteiger partial charge >= 0.3 is 17.9 Å². The number of unbranched alkanes of at least 4 members (excludes halogenated alkanes) is 9. The third-order valence-electron chi connectivity index (χ3n) is 7.51. The van der Waals surface area contributed by atoms with E-state index in [2.05, 4.69) is 0 Å². The summed E-state index contributed by atoms with van der Waals surface area (Å²) >= 11 is 0. The Hall–Kier alpha value is -3.43. The molecule has 2 aromatic carbocycles. The summed E-state index contributed by atoms with van der Waals surface area (Å²) in [5.74, 6) is -0.390. The van der Waals surface area contributed by atoms with Crippen molar-refractivity contribution >= 4 is 17.9 Å². The number of esters is 3. The van der Waals surface area contributed by atoms with Crippen molar-refractivity contribution in [2.45, 2.75) is 97.5 Å². The van der Waals surface area contributed by atoms with E-state index in [1.54, 1.807) is 48.5 Å². The van der Waals surface area contributed by atoms with Gasteiger partial charge < -0.3 is 29.2 Å². The summed E-state index contributed by atoms with van der Waals surface area (Å²) in [6.07, 6.45) is 11.4. The van der Waals surface area contributed by atoms with Gasteiger partial charge in [-0.05, 0) is 81.6 Å². The number of hydrogen-bond donors (Lipinski definition) is 2. The van der Waals surface area contributed by atoms with E-state index in [1.165, 1.54) is 32.6 Å². The van der Waals surface area contributed by atoms with Gasteiger partial charge in [-0.15, -0.1) is 0 Å². The van der Waals surface area contributed by atoms with Crippen molar-refractivity contribution < 1.29 is 43.5 Å². The molecule has 1 atom stereocenters. The molecule has 0 radical (unpaired) electrons. The van der Waals surface area contributed by atoms with Crippen LogP contribution in [0.3, 0.4) is 0 Å². The molecule has 0 fully saturated rings. The molecule has 44 heavy (non-hydrogen) atoms. The molecule has 0 aliphatic carbocycles. The first kappa shape index (κ1) is 36.8. The number of aliphatic hydroxyl groups is 2. The Kier molecular flexibility index (Phi) is 17.1. The normalized spacial score (nSPS) is 11.9. The number of ether oxygens (including phenoxy) is 4. The van der Waals surface area contributed by atoms with Crippen molar-refractivity contribution in [2.75, 3.05) is 26.4 Å². The molecule has 0 aromatic heterocycles. The molecular weight excluding hydrogens is 564 g/mol. The maximum Gasteiger partial charge on any atom is 0.343 e. The SMILES string of the molecule is CCC(C)OC(=O)c1ccc(OC(=O)c2ccc(OCCCCCCCCCCCCOC(=O)C(C)(CO)CO)cc2)cc1. The van der Waals surface area contributed by atoms with Crippen LogP contribution in [0.2, 0.25) is 0 Å². The Morgan fingerprint density at radius 3 is 1.64 bits per heavy atom. The van der Waals surface area contributed by atoms with Crippen molar-refractivity contribution in [3.63, 3.8) is 0 Å². The highest BCUT2D eigenvalue weighted by molar-refractivity contribution is 5.92. The maximum absolute atomic E-state index is 12.5. The molecule has 0 aliphatic rings. The first-order valence-corrected chi connectivity index (χ1v) is 15.9. The Morgan fingerprint density at radius 1 is 0.682 bits per heavy atom. The fourth-order valence-corrected chi connectivity index (χ4v) is 4.17. The van der Waals surface area contributed by atoms with E-state index >= 15 is 0 Å². The van der Waals surface area contributed by atoms with E-state index in [1.807, 2.05) is 13.8 Å². The van der Waals surface area contributed by atoms with Gasteiger partial charge in [0.1, 0.15) is 16.9 Å². The summed E-state index contributed by atoms with van der Waals surface area (Å²) in [6.45, 7) is 5.36. The molecule has 0 amide bonds. The molecule has 0 saturated carbocycles. The monoisotopic (exact) mass is 614 g/mol. The van der Waals surface area contributed by atoms with E-state index in [0.717, 1.165) is 44.9 Å². The van der Waals surface area contributed by atoms with Gasteiger partial charge in [-0.3, -0.25) is 4.79 Å². The topological polar surface area (TPSA) is 129 Å². The van der Waals surface area contributed by atoms with Crippen LogP contribution in [-0.2, 0) is 14.3 Å². The van der Waals surface area contributed by atoms with E-state index in [0.29, 0.717) is 35.8 Å². The maximum atomic E-state index is 12.5. The van der Waals surface area contributed by atoms with Gasteiger partial charge in [-0.25, -0.2) is 9.59 Å². The zero-order chi connectivity index (χ0) is 32.2. The summed E-state index contributed by atoms with van der Waals surface area (Å²) in [6, 6.07) is 13.2. The van der Waals surface area contributed by atoms with Crippen LogP contribution in [-0.4, -0.2) is 60.7 Å². The van der Waals surface area contributed by atoms with Crippen molar-refractivity contribution in [3.05, 3.63) is 59.7 Å². The molecule has 0 aliphatic heterocycles. The summed E-state index contributed by atoms with van der Waals surface area (Å²) in [5.41, 5.74) is -0.411. The molecule has 2 N–H and O–H groups in total. The number of benzene rings is 2. The number of carbonyl (C=O) groups is 3. The highest BCUT2D eigenvalue weighted by atomic mass is 16.5. The van der Waals surface area contributed by atoms with Crippen LogP contribution in [0.15, 0.2) is 48.5 Å². The van der Waals surface area contributed by atoms with Crippen molar-refractivity contribution in [3.8, 4) is 11.5 Å². The number of rotatable bonds is 22. The molecule has 0 saturated heterocycles. The predicted octanol–water partition coefficient (Wildman–Crippen LogP) is 6.68. The van der Waals surface area contributed by atoms with Gasteiger partial charge in [0.2, 0.25) is 0 Å². The quantitative estimate of drug-likeness (QED) is 0.0848. The Bertz CT molecular complexity index is 1110. The van der Waals surface area contributed by atoms with Gasteiger partial charge in [0.05, 0.1) is 43.7 Å². The standard InChI is InChI=1S/C35H50O9/c1-4-27(2)43-32(38)28-17-21-31(22-18-28)44-33(39)29-15-19-30(20-16-29)41-23-13-11-9-7-5-6-8-10-12-14-24-42-34(40)35(3,25-36)26-37/h15-22,27,36-37H,4-14,23-26H2,1-3H3. The highest BCUT2D eigenvalue weighted by Crippen LogP contribution is 2.19. The number of carbonyl (C=O) groups excluding carboxylic acids is 3. The van der Waals surface area contributed by atoms with E-state index < -0.39 is 36.5 Å². The van der Waals surface area contributed by atoms with Crippen LogP contribution in [0.5, 0.6) is 11.5 Å². The average Bonchev–Trinajstić information content (AvgIpc) is 3.04. The summed E-state index contributed by atoms with van der Waals surface area (Å²) in [5, 5.41) is 18.4. The van der Waals surface area contributed by atoms with Crippen LogP contribution in [0.4, 0.5) is 0 Å². The lowest BCUT2D eigenvalue weighted by Crippen LogP contribution is -2.37. The minimum absolute atomic E-state index is 0.157. The minimum atomic E-state index is -1.22. The molecular formula is C35H50O9. The van der Waals surface area contributed by atoms with Crippen molar-refractivity contribution in [1.82, 2.24) is 0 Å². The lowest BCUT2D eigenvalue weighted by molar-refractivity contribution is -0.160. The van der Waals surface area contributed by atoms with Crippen LogP contribution in [0.25, 0.3) is 0 Å². The molecule has 0 spiro atoms. The van der Waals surface area contributed by atoms with Crippen molar-refractivity contribution in [1.29, 1.82) is 0 Å². The summed E-state index contributed by atoms with van der Waals surface area (Å²) < 4.78 is 21.7. The highest BCUT2D eigenvalue weighted by Gasteiger charge is 2.33. The van der Waals surface area contributed by atoms with E-state index in [4.69, 9.17) is 18.9 Å². The molecule has 2 aromatic rings. The second-order valence-electron chi connectivity index (χ2n) is 11.5. The van der Waals surface area contributed by atoms with Gasteiger partial charge in [0, 0.05) is 0 Å². The molecule has 244 valence electrons. The largest absolute Gasteiger partial charge is 0.494 e. The minimum Gasteiger partial charge on any atom is -0.494 e. The lowest BCUT2D eigenvalue weighted by atomic mass is 9.93. The third kappa shape index (κ3) is 13.5. The van der Waals surface area contributed by atoms with E-state index in [-0.39, 0.29) is 6.10 Å². The smallest absolute Gasteiger partial charge is 0.343 e. The Morgan fingerprint density at radius 2 is 1.14 bits per heavy atom. The zero-order valence-corrected chi connectivity index (χ0v) is 26.6. The van der Waals surface area contributed by atoms with Gasteiger partial charge in [0.25, 0.3) is 0 Å². The number of aliphatic hydroxyl groups excluding tert-OH is 2. The molecule has 0 bridgehead atoms. The van der Waals surface area contributed by atoms with Crippen LogP contribution in [0.1, 0.15) is 112 Å². The molecule has 2 rings (SSSR count). The first-order chi connectivity index (χ1) is 21.2. The lowest BCUT2D eigenvalue weighted by Gasteiger charge is -2.22. The fourth-order valence-electron chi connectivity index (χ4n) is 4.17. The van der Waals surface area contributed by atoms with Gasteiger partial charge in [-0.2, -0.15) is 0 Å². The molecule has 9 nitrogen and oxygen atoms in total.